The second kappa shape index (κ2) is 7.90. The van der Waals surface area contributed by atoms with Crippen LogP contribution in [0.2, 0.25) is 0 Å². The Balaban J connectivity index is 1.51. The minimum Gasteiger partial charge on any atom is -0.379 e. The minimum absolute atomic E-state index is 0.0536. The highest BCUT2D eigenvalue weighted by Crippen LogP contribution is 2.18. The molecule has 0 aliphatic carbocycles. The summed E-state index contributed by atoms with van der Waals surface area (Å²) in [4.78, 5) is 19.4. The molecule has 0 saturated carbocycles. The van der Waals surface area contributed by atoms with Gasteiger partial charge in [0.05, 0.1) is 25.5 Å². The molecule has 0 radical (unpaired) electrons. The van der Waals surface area contributed by atoms with E-state index >= 15 is 0 Å². The predicted octanol–water partition coefficient (Wildman–Crippen LogP) is 2.45. The molecule has 1 saturated heterocycles. The van der Waals surface area contributed by atoms with E-state index < -0.39 is 0 Å². The van der Waals surface area contributed by atoms with Crippen LogP contribution in [0, 0.1) is 6.92 Å². The molecule has 4 rings (SSSR count). The van der Waals surface area contributed by atoms with E-state index in [1.807, 2.05) is 31.3 Å². The number of para-hydroxylation sites is 1. The maximum absolute atomic E-state index is 12.4. The first-order chi connectivity index (χ1) is 13.2. The highest BCUT2D eigenvalue weighted by atomic mass is 16.5. The van der Waals surface area contributed by atoms with Crippen LogP contribution >= 0.6 is 0 Å². The van der Waals surface area contributed by atoms with Crippen molar-refractivity contribution < 1.29 is 4.74 Å². The molecule has 3 heterocycles. The number of aryl methyl sites for hydroxylation is 1. The maximum atomic E-state index is 12.4. The molecule has 0 bridgehead atoms. The average Bonchev–Trinajstić information content (AvgIpc) is 2.69. The molecule has 0 atom stereocenters. The van der Waals surface area contributed by atoms with Crippen LogP contribution in [0.25, 0.3) is 5.65 Å². The summed E-state index contributed by atoms with van der Waals surface area (Å²) in [5, 5.41) is 3.45. The van der Waals surface area contributed by atoms with Gasteiger partial charge in [-0.2, -0.15) is 0 Å². The number of anilines is 1. The van der Waals surface area contributed by atoms with Crippen LogP contribution in [0.1, 0.15) is 16.8 Å². The van der Waals surface area contributed by atoms with Gasteiger partial charge in [-0.15, -0.1) is 0 Å². The van der Waals surface area contributed by atoms with Crippen molar-refractivity contribution >= 4 is 11.3 Å². The van der Waals surface area contributed by atoms with Gasteiger partial charge >= 0.3 is 0 Å². The Hall–Kier alpha value is -2.70. The Bertz CT molecular complexity index is 993. The van der Waals surface area contributed by atoms with Crippen molar-refractivity contribution in [2.24, 2.45) is 0 Å². The van der Waals surface area contributed by atoms with Gasteiger partial charge in [0.25, 0.3) is 5.56 Å². The third-order valence-corrected chi connectivity index (χ3v) is 4.84. The maximum Gasteiger partial charge on any atom is 0.258 e. The number of ether oxygens (including phenoxy) is 1. The zero-order chi connectivity index (χ0) is 18.6. The van der Waals surface area contributed by atoms with Crippen LogP contribution in [0.5, 0.6) is 0 Å². The molecule has 1 aromatic carbocycles. The number of aromatic nitrogens is 2. The number of pyridine rings is 1. The monoisotopic (exact) mass is 364 g/mol. The minimum atomic E-state index is -0.0536. The SMILES string of the molecule is Cc1ccc2nc(CNc3ccccc3CN3CCOCC3)cc(=O)n2c1. The molecule has 140 valence electrons. The molecule has 6 heteroatoms. The van der Waals surface area contributed by atoms with E-state index in [4.69, 9.17) is 4.74 Å². The highest BCUT2D eigenvalue weighted by molar-refractivity contribution is 5.51. The lowest BCUT2D eigenvalue weighted by Crippen LogP contribution is -2.35. The summed E-state index contributed by atoms with van der Waals surface area (Å²) in [5.41, 5.74) is 4.72. The topological polar surface area (TPSA) is 58.9 Å². The zero-order valence-corrected chi connectivity index (χ0v) is 15.5. The van der Waals surface area contributed by atoms with Crippen LogP contribution < -0.4 is 10.9 Å². The molecule has 3 aromatic rings. The molecule has 1 aliphatic heterocycles. The Kier molecular flexibility index (Phi) is 5.18. The first-order valence-corrected chi connectivity index (χ1v) is 9.30. The van der Waals surface area contributed by atoms with Gasteiger partial charge in [0, 0.05) is 37.6 Å². The predicted molar refractivity (Wildman–Crippen MR) is 106 cm³/mol. The fourth-order valence-electron chi connectivity index (χ4n) is 3.37. The van der Waals surface area contributed by atoms with Gasteiger partial charge in [-0.3, -0.25) is 14.1 Å². The second-order valence-corrected chi connectivity index (χ2v) is 6.92. The smallest absolute Gasteiger partial charge is 0.258 e. The van der Waals surface area contributed by atoms with Crippen LogP contribution in [-0.4, -0.2) is 40.6 Å². The number of nitrogens with one attached hydrogen (secondary N) is 1. The van der Waals surface area contributed by atoms with E-state index in [-0.39, 0.29) is 5.56 Å². The van der Waals surface area contributed by atoms with Gasteiger partial charge in [0.15, 0.2) is 0 Å². The lowest BCUT2D eigenvalue weighted by atomic mass is 10.1. The Morgan fingerprint density at radius 1 is 1.15 bits per heavy atom. The summed E-state index contributed by atoms with van der Waals surface area (Å²) in [6.07, 6.45) is 1.82. The van der Waals surface area contributed by atoms with Gasteiger partial charge in [-0.05, 0) is 30.2 Å². The Morgan fingerprint density at radius 2 is 1.96 bits per heavy atom. The van der Waals surface area contributed by atoms with Crippen molar-refractivity contribution in [1.29, 1.82) is 0 Å². The van der Waals surface area contributed by atoms with Crippen LogP contribution in [0.3, 0.4) is 0 Å². The average molecular weight is 364 g/mol. The first kappa shape index (κ1) is 17.7. The Morgan fingerprint density at radius 3 is 2.81 bits per heavy atom. The first-order valence-electron chi connectivity index (χ1n) is 9.30. The largest absolute Gasteiger partial charge is 0.379 e. The summed E-state index contributed by atoms with van der Waals surface area (Å²) in [6, 6.07) is 13.8. The molecule has 1 fully saturated rings. The molecule has 1 N–H and O–H groups in total. The van der Waals surface area contributed by atoms with Crippen molar-refractivity contribution in [3.8, 4) is 0 Å². The van der Waals surface area contributed by atoms with Gasteiger partial charge in [-0.1, -0.05) is 24.3 Å². The fourth-order valence-corrected chi connectivity index (χ4v) is 3.37. The molecule has 6 nitrogen and oxygen atoms in total. The summed E-state index contributed by atoms with van der Waals surface area (Å²) >= 11 is 0. The number of fused-ring (bicyclic) bond motifs is 1. The van der Waals surface area contributed by atoms with Crippen molar-refractivity contribution in [2.75, 3.05) is 31.6 Å². The van der Waals surface area contributed by atoms with E-state index in [0.29, 0.717) is 12.2 Å². The van der Waals surface area contributed by atoms with E-state index in [9.17, 15) is 4.79 Å². The summed E-state index contributed by atoms with van der Waals surface area (Å²) < 4.78 is 7.02. The van der Waals surface area contributed by atoms with Crippen molar-refractivity contribution in [1.82, 2.24) is 14.3 Å². The van der Waals surface area contributed by atoms with Crippen LogP contribution in [0.15, 0.2) is 53.5 Å². The van der Waals surface area contributed by atoms with Gasteiger partial charge in [-0.25, -0.2) is 4.98 Å². The van der Waals surface area contributed by atoms with Crippen molar-refractivity contribution in [3.63, 3.8) is 0 Å². The molecule has 0 unspecified atom stereocenters. The molecule has 2 aromatic heterocycles. The number of benzene rings is 1. The molecule has 0 spiro atoms. The van der Waals surface area contributed by atoms with E-state index in [1.54, 1.807) is 10.5 Å². The zero-order valence-electron chi connectivity index (χ0n) is 15.5. The highest BCUT2D eigenvalue weighted by Gasteiger charge is 2.13. The summed E-state index contributed by atoms with van der Waals surface area (Å²) in [6.45, 7) is 6.86. The van der Waals surface area contributed by atoms with E-state index in [1.165, 1.54) is 5.56 Å². The van der Waals surface area contributed by atoms with Gasteiger partial charge in [0.1, 0.15) is 5.65 Å². The third kappa shape index (κ3) is 4.18. The van der Waals surface area contributed by atoms with E-state index in [0.717, 1.165) is 49.8 Å². The molecule has 27 heavy (non-hydrogen) atoms. The number of morpholine rings is 1. The lowest BCUT2D eigenvalue weighted by Gasteiger charge is -2.27. The standard InChI is InChI=1S/C21H24N4O2/c1-16-6-7-20-23-18(12-21(26)25(20)14-16)13-22-19-5-3-2-4-17(19)15-24-8-10-27-11-9-24/h2-7,12,14,22H,8-11,13,15H2,1H3. The molecular weight excluding hydrogens is 340 g/mol. The Labute approximate surface area is 158 Å². The van der Waals surface area contributed by atoms with Gasteiger partial charge < -0.3 is 10.1 Å². The third-order valence-electron chi connectivity index (χ3n) is 4.84. The van der Waals surface area contributed by atoms with Crippen molar-refractivity contribution in [3.05, 3.63) is 75.8 Å². The van der Waals surface area contributed by atoms with E-state index in [2.05, 4.69) is 33.4 Å². The molecule has 0 amide bonds. The second-order valence-electron chi connectivity index (χ2n) is 6.92. The van der Waals surface area contributed by atoms with Crippen molar-refractivity contribution in [2.45, 2.75) is 20.0 Å². The van der Waals surface area contributed by atoms with Crippen LogP contribution in [0.4, 0.5) is 5.69 Å². The normalized spacial score (nSPS) is 15.1. The summed E-state index contributed by atoms with van der Waals surface area (Å²) in [7, 11) is 0. The molecular formula is C21H24N4O2. The van der Waals surface area contributed by atoms with Crippen LogP contribution in [-0.2, 0) is 17.8 Å². The number of hydrogen-bond donors (Lipinski definition) is 1. The number of hydrogen-bond acceptors (Lipinski definition) is 5. The van der Waals surface area contributed by atoms with Gasteiger partial charge in [0.2, 0.25) is 0 Å². The molecule has 1 aliphatic rings. The summed E-state index contributed by atoms with van der Waals surface area (Å²) in [5.74, 6) is 0. The number of rotatable bonds is 5. The fraction of sp³-hybridized carbons (Fsp3) is 0.333. The quantitative estimate of drug-likeness (QED) is 0.754. The lowest BCUT2D eigenvalue weighted by molar-refractivity contribution is 0.0342. The number of nitrogens with zero attached hydrogens (tertiary/aromatic N) is 3.